The number of fused-ring (bicyclic) bond motifs is 1. The number of hydrogen-bond donors (Lipinski definition) is 1. The molecular formula is C16H18N2OS2. The first-order valence-electron chi connectivity index (χ1n) is 7.06. The minimum atomic E-state index is 0.296. The van der Waals surface area contributed by atoms with Crippen LogP contribution < -0.4 is 4.74 Å². The van der Waals surface area contributed by atoms with Gasteiger partial charge in [-0.1, -0.05) is 19.4 Å². The first-order valence-corrected chi connectivity index (χ1v) is 8.35. The molecule has 0 aliphatic carbocycles. The van der Waals surface area contributed by atoms with Crippen molar-refractivity contribution in [3.8, 4) is 5.75 Å². The number of nitrogens with one attached hydrogen (secondary N) is 1. The Morgan fingerprint density at radius 1 is 1.38 bits per heavy atom. The standard InChI is InChI=1S/C16H18N2OS2/c1-3-5-14(15-6-4-9-21-15)18-13-8-7-11(19-2)10-12(13)17-16(18)20/h4,6-10,14H,3,5H2,1-2H3,(H,17,20). The van der Waals surface area contributed by atoms with Gasteiger partial charge in [0.1, 0.15) is 5.75 Å². The molecule has 0 radical (unpaired) electrons. The molecule has 21 heavy (non-hydrogen) atoms. The summed E-state index contributed by atoms with van der Waals surface area (Å²) in [6.45, 7) is 2.21. The molecule has 3 aromatic rings. The van der Waals surface area contributed by atoms with Gasteiger partial charge in [-0.15, -0.1) is 11.3 Å². The molecule has 3 rings (SSSR count). The minimum absolute atomic E-state index is 0.296. The quantitative estimate of drug-likeness (QED) is 0.659. The van der Waals surface area contributed by atoms with E-state index in [1.807, 2.05) is 12.1 Å². The van der Waals surface area contributed by atoms with E-state index in [0.717, 1.165) is 34.4 Å². The second kappa shape index (κ2) is 6.03. The van der Waals surface area contributed by atoms with Gasteiger partial charge >= 0.3 is 0 Å². The topological polar surface area (TPSA) is 29.9 Å². The minimum Gasteiger partial charge on any atom is -0.497 e. The number of benzene rings is 1. The van der Waals surface area contributed by atoms with Gasteiger partial charge in [0.25, 0.3) is 0 Å². The van der Waals surface area contributed by atoms with Gasteiger partial charge in [-0.25, -0.2) is 0 Å². The summed E-state index contributed by atoms with van der Waals surface area (Å²) in [5.41, 5.74) is 2.16. The molecule has 2 aromatic heterocycles. The Morgan fingerprint density at radius 3 is 2.90 bits per heavy atom. The number of imidazole rings is 1. The Morgan fingerprint density at radius 2 is 2.24 bits per heavy atom. The third-order valence-corrected chi connectivity index (χ3v) is 4.94. The molecule has 1 N–H and O–H groups in total. The maximum Gasteiger partial charge on any atom is 0.178 e. The highest BCUT2D eigenvalue weighted by atomic mass is 32.1. The monoisotopic (exact) mass is 318 g/mol. The van der Waals surface area contributed by atoms with Crippen molar-refractivity contribution in [1.82, 2.24) is 9.55 Å². The highest BCUT2D eigenvalue weighted by molar-refractivity contribution is 7.71. The molecule has 1 atom stereocenters. The maximum absolute atomic E-state index is 5.57. The van der Waals surface area contributed by atoms with Crippen LogP contribution in [0.3, 0.4) is 0 Å². The van der Waals surface area contributed by atoms with Crippen LogP contribution in [0.25, 0.3) is 11.0 Å². The molecule has 2 heterocycles. The van der Waals surface area contributed by atoms with Crippen LogP contribution in [-0.4, -0.2) is 16.7 Å². The lowest BCUT2D eigenvalue weighted by Crippen LogP contribution is -2.09. The Labute approximate surface area is 133 Å². The lowest BCUT2D eigenvalue weighted by atomic mass is 10.1. The average Bonchev–Trinajstić information content (AvgIpc) is 3.11. The number of rotatable bonds is 5. The molecule has 5 heteroatoms. The van der Waals surface area contributed by atoms with Gasteiger partial charge in [-0.3, -0.25) is 0 Å². The lowest BCUT2D eigenvalue weighted by molar-refractivity contribution is 0.415. The predicted octanol–water partition coefficient (Wildman–Crippen LogP) is 5.16. The van der Waals surface area contributed by atoms with Crippen molar-refractivity contribution in [2.45, 2.75) is 25.8 Å². The summed E-state index contributed by atoms with van der Waals surface area (Å²) in [6.07, 6.45) is 2.20. The SMILES string of the molecule is CCCC(c1cccs1)n1c(=S)[nH]c2cc(OC)ccc21. The van der Waals surface area contributed by atoms with Crippen molar-refractivity contribution < 1.29 is 4.74 Å². The van der Waals surface area contributed by atoms with Crippen molar-refractivity contribution in [3.63, 3.8) is 0 Å². The van der Waals surface area contributed by atoms with Gasteiger partial charge in [-0.05, 0) is 42.2 Å². The zero-order chi connectivity index (χ0) is 14.8. The fraction of sp³-hybridized carbons (Fsp3) is 0.312. The summed E-state index contributed by atoms with van der Waals surface area (Å²) in [4.78, 5) is 4.66. The number of nitrogens with zero attached hydrogens (tertiary/aromatic N) is 1. The summed E-state index contributed by atoms with van der Waals surface area (Å²) >= 11 is 7.36. The second-order valence-corrected chi connectivity index (χ2v) is 6.37. The predicted molar refractivity (Wildman–Crippen MR) is 91.0 cm³/mol. The number of aromatic nitrogens is 2. The molecule has 0 spiro atoms. The average molecular weight is 318 g/mol. The number of H-pyrrole nitrogens is 1. The maximum atomic E-state index is 5.57. The molecule has 1 unspecified atom stereocenters. The molecule has 3 nitrogen and oxygen atoms in total. The Bertz CT molecular complexity index is 786. The smallest absolute Gasteiger partial charge is 0.178 e. The lowest BCUT2D eigenvalue weighted by Gasteiger charge is -2.17. The summed E-state index contributed by atoms with van der Waals surface area (Å²) in [5, 5.41) is 2.12. The highest BCUT2D eigenvalue weighted by Crippen LogP contribution is 2.32. The molecular weight excluding hydrogens is 300 g/mol. The van der Waals surface area contributed by atoms with E-state index in [0.29, 0.717) is 6.04 Å². The number of methoxy groups -OCH3 is 1. The fourth-order valence-corrected chi connectivity index (χ4v) is 3.89. The Hall–Kier alpha value is -1.59. The second-order valence-electron chi connectivity index (χ2n) is 5.00. The van der Waals surface area contributed by atoms with Crippen molar-refractivity contribution in [3.05, 3.63) is 45.4 Å². The molecule has 1 aromatic carbocycles. The van der Waals surface area contributed by atoms with E-state index in [2.05, 4.69) is 40.1 Å². The van der Waals surface area contributed by atoms with Gasteiger partial charge in [0.2, 0.25) is 0 Å². The first-order chi connectivity index (χ1) is 10.2. The van der Waals surface area contributed by atoms with Crippen molar-refractivity contribution >= 4 is 34.6 Å². The van der Waals surface area contributed by atoms with Gasteiger partial charge < -0.3 is 14.3 Å². The van der Waals surface area contributed by atoms with E-state index < -0.39 is 0 Å². The number of ether oxygens (including phenoxy) is 1. The fourth-order valence-electron chi connectivity index (χ4n) is 2.70. The van der Waals surface area contributed by atoms with Crippen LogP contribution in [0.4, 0.5) is 0 Å². The number of hydrogen-bond acceptors (Lipinski definition) is 3. The zero-order valence-corrected chi connectivity index (χ0v) is 13.8. The first kappa shape index (κ1) is 14.4. The molecule has 0 bridgehead atoms. The van der Waals surface area contributed by atoms with Crippen molar-refractivity contribution in [1.29, 1.82) is 0 Å². The molecule has 0 saturated carbocycles. The summed E-state index contributed by atoms with van der Waals surface area (Å²) in [6, 6.07) is 10.7. The normalized spacial score (nSPS) is 12.7. The van der Waals surface area contributed by atoms with E-state index >= 15 is 0 Å². The van der Waals surface area contributed by atoms with Gasteiger partial charge in [-0.2, -0.15) is 0 Å². The third-order valence-electron chi connectivity index (χ3n) is 3.67. The van der Waals surface area contributed by atoms with Crippen LogP contribution in [0.1, 0.15) is 30.7 Å². The van der Waals surface area contributed by atoms with Gasteiger partial charge in [0.05, 0.1) is 24.2 Å². The molecule has 0 amide bonds. The third kappa shape index (κ3) is 2.63. The molecule has 0 fully saturated rings. The Kier molecular flexibility index (Phi) is 4.12. The van der Waals surface area contributed by atoms with Crippen LogP contribution in [-0.2, 0) is 0 Å². The number of aromatic amines is 1. The number of thiophene rings is 1. The van der Waals surface area contributed by atoms with Gasteiger partial charge in [0, 0.05) is 10.9 Å². The van der Waals surface area contributed by atoms with Crippen LogP contribution in [0.5, 0.6) is 5.75 Å². The molecule has 0 saturated heterocycles. The van der Waals surface area contributed by atoms with E-state index in [-0.39, 0.29) is 0 Å². The summed E-state index contributed by atoms with van der Waals surface area (Å²) < 4.78 is 8.29. The Balaban J connectivity index is 2.17. The van der Waals surface area contributed by atoms with Crippen LogP contribution in [0.15, 0.2) is 35.7 Å². The van der Waals surface area contributed by atoms with E-state index in [1.54, 1.807) is 18.4 Å². The van der Waals surface area contributed by atoms with Crippen molar-refractivity contribution in [2.75, 3.05) is 7.11 Å². The highest BCUT2D eigenvalue weighted by Gasteiger charge is 2.18. The largest absolute Gasteiger partial charge is 0.497 e. The summed E-state index contributed by atoms with van der Waals surface area (Å²) in [7, 11) is 1.68. The molecule has 110 valence electrons. The molecule has 0 aliphatic heterocycles. The van der Waals surface area contributed by atoms with E-state index in [1.165, 1.54) is 4.88 Å². The van der Waals surface area contributed by atoms with E-state index in [4.69, 9.17) is 17.0 Å². The summed E-state index contributed by atoms with van der Waals surface area (Å²) in [5.74, 6) is 0.842. The molecule has 0 aliphatic rings. The van der Waals surface area contributed by atoms with E-state index in [9.17, 15) is 0 Å². The van der Waals surface area contributed by atoms with Crippen LogP contribution in [0, 0.1) is 4.77 Å². The van der Waals surface area contributed by atoms with Crippen LogP contribution >= 0.6 is 23.6 Å². The van der Waals surface area contributed by atoms with Crippen molar-refractivity contribution in [2.24, 2.45) is 0 Å². The zero-order valence-electron chi connectivity index (χ0n) is 12.1. The van der Waals surface area contributed by atoms with Gasteiger partial charge in [0.15, 0.2) is 4.77 Å². The van der Waals surface area contributed by atoms with Crippen LogP contribution in [0.2, 0.25) is 0 Å².